The molecule has 1 amide bonds. The summed E-state index contributed by atoms with van der Waals surface area (Å²) in [5, 5.41) is 6.13. The predicted molar refractivity (Wildman–Crippen MR) is 96.9 cm³/mol. The van der Waals surface area contributed by atoms with Gasteiger partial charge in [-0.25, -0.2) is 4.98 Å². The van der Waals surface area contributed by atoms with E-state index in [9.17, 15) is 4.79 Å². The van der Waals surface area contributed by atoms with Crippen LogP contribution in [0.2, 0.25) is 0 Å². The van der Waals surface area contributed by atoms with E-state index in [4.69, 9.17) is 4.98 Å². The normalized spacial score (nSPS) is 12.2. The van der Waals surface area contributed by atoms with Gasteiger partial charge in [0.1, 0.15) is 5.82 Å². The van der Waals surface area contributed by atoms with Crippen LogP contribution in [0.25, 0.3) is 11.0 Å². The van der Waals surface area contributed by atoms with Crippen molar-refractivity contribution in [3.63, 3.8) is 0 Å². The summed E-state index contributed by atoms with van der Waals surface area (Å²) in [4.78, 5) is 16.8. The van der Waals surface area contributed by atoms with Gasteiger partial charge in [-0.15, -0.1) is 0 Å². The third-order valence-corrected chi connectivity index (χ3v) is 4.01. The molecule has 1 atom stereocenters. The summed E-state index contributed by atoms with van der Waals surface area (Å²) in [6, 6.07) is 17.5. The SMILES string of the molecule is CCn1c([C@@H](C)NCC(=O)Nc2ccccc2)nc2ccccc21. The second-order valence-corrected chi connectivity index (χ2v) is 5.72. The minimum Gasteiger partial charge on any atom is -0.327 e. The first-order valence-corrected chi connectivity index (χ1v) is 8.22. The Balaban J connectivity index is 1.67. The molecule has 5 nitrogen and oxygen atoms in total. The highest BCUT2D eigenvalue weighted by Crippen LogP contribution is 2.20. The molecule has 124 valence electrons. The highest BCUT2D eigenvalue weighted by Gasteiger charge is 2.16. The maximum absolute atomic E-state index is 12.1. The van der Waals surface area contributed by atoms with E-state index >= 15 is 0 Å². The molecule has 0 aliphatic carbocycles. The van der Waals surface area contributed by atoms with Gasteiger partial charge in [0, 0.05) is 12.2 Å². The van der Waals surface area contributed by atoms with Gasteiger partial charge in [0.2, 0.25) is 5.91 Å². The van der Waals surface area contributed by atoms with E-state index in [0.717, 1.165) is 29.1 Å². The van der Waals surface area contributed by atoms with Gasteiger partial charge in [0.05, 0.1) is 23.6 Å². The number of nitrogens with zero attached hydrogens (tertiary/aromatic N) is 2. The fraction of sp³-hybridized carbons (Fsp3) is 0.263. The first-order valence-electron chi connectivity index (χ1n) is 8.22. The van der Waals surface area contributed by atoms with Crippen LogP contribution >= 0.6 is 0 Å². The number of para-hydroxylation sites is 3. The second kappa shape index (κ2) is 7.27. The van der Waals surface area contributed by atoms with Gasteiger partial charge in [0.25, 0.3) is 0 Å². The van der Waals surface area contributed by atoms with Crippen LogP contribution in [-0.4, -0.2) is 22.0 Å². The van der Waals surface area contributed by atoms with Gasteiger partial charge >= 0.3 is 0 Å². The smallest absolute Gasteiger partial charge is 0.238 e. The van der Waals surface area contributed by atoms with E-state index in [-0.39, 0.29) is 18.5 Å². The van der Waals surface area contributed by atoms with E-state index in [1.54, 1.807) is 0 Å². The van der Waals surface area contributed by atoms with E-state index < -0.39 is 0 Å². The number of rotatable bonds is 6. The summed E-state index contributed by atoms with van der Waals surface area (Å²) in [6.07, 6.45) is 0. The van der Waals surface area contributed by atoms with E-state index in [2.05, 4.69) is 28.2 Å². The van der Waals surface area contributed by atoms with Crippen LogP contribution in [0.3, 0.4) is 0 Å². The average molecular weight is 322 g/mol. The van der Waals surface area contributed by atoms with E-state index in [0.29, 0.717) is 0 Å². The molecule has 3 rings (SSSR count). The van der Waals surface area contributed by atoms with Crippen molar-refractivity contribution >= 4 is 22.6 Å². The molecular weight excluding hydrogens is 300 g/mol. The van der Waals surface area contributed by atoms with Crippen molar-refractivity contribution in [2.45, 2.75) is 26.4 Å². The molecule has 1 heterocycles. The Labute approximate surface area is 141 Å². The third-order valence-electron chi connectivity index (χ3n) is 4.01. The molecule has 3 aromatic rings. The molecule has 1 aromatic heterocycles. The monoisotopic (exact) mass is 322 g/mol. The zero-order valence-electron chi connectivity index (χ0n) is 14.0. The lowest BCUT2D eigenvalue weighted by molar-refractivity contribution is -0.115. The van der Waals surface area contributed by atoms with Gasteiger partial charge < -0.3 is 9.88 Å². The van der Waals surface area contributed by atoms with Crippen molar-refractivity contribution in [2.24, 2.45) is 0 Å². The Morgan fingerprint density at radius 1 is 1.12 bits per heavy atom. The topological polar surface area (TPSA) is 59.0 Å². The number of benzene rings is 2. The lowest BCUT2D eigenvalue weighted by Gasteiger charge is -2.15. The Morgan fingerprint density at radius 3 is 2.58 bits per heavy atom. The molecule has 0 radical (unpaired) electrons. The molecule has 0 saturated heterocycles. The van der Waals surface area contributed by atoms with Crippen molar-refractivity contribution < 1.29 is 4.79 Å². The number of anilines is 1. The van der Waals surface area contributed by atoms with Crippen LogP contribution in [0.5, 0.6) is 0 Å². The first-order chi connectivity index (χ1) is 11.7. The van der Waals surface area contributed by atoms with Gasteiger partial charge in [0.15, 0.2) is 0 Å². The van der Waals surface area contributed by atoms with Crippen molar-refractivity contribution in [1.82, 2.24) is 14.9 Å². The first kappa shape index (κ1) is 16.2. The number of nitrogens with one attached hydrogen (secondary N) is 2. The molecular formula is C19H22N4O. The number of aromatic nitrogens is 2. The second-order valence-electron chi connectivity index (χ2n) is 5.72. The molecule has 2 N–H and O–H groups in total. The van der Waals surface area contributed by atoms with Crippen LogP contribution in [-0.2, 0) is 11.3 Å². The number of hydrogen-bond acceptors (Lipinski definition) is 3. The number of aryl methyl sites for hydroxylation is 1. The van der Waals surface area contributed by atoms with Crippen LogP contribution in [0.4, 0.5) is 5.69 Å². The molecule has 0 fully saturated rings. The highest BCUT2D eigenvalue weighted by atomic mass is 16.1. The maximum atomic E-state index is 12.1. The number of amides is 1. The highest BCUT2D eigenvalue weighted by molar-refractivity contribution is 5.92. The Morgan fingerprint density at radius 2 is 1.83 bits per heavy atom. The van der Waals surface area contributed by atoms with Crippen LogP contribution in [0, 0.1) is 0 Å². The fourth-order valence-electron chi connectivity index (χ4n) is 2.82. The molecule has 0 unspecified atom stereocenters. The number of carbonyl (C=O) groups excluding carboxylic acids is 1. The van der Waals surface area contributed by atoms with E-state index in [1.807, 2.05) is 55.5 Å². The average Bonchev–Trinajstić information content (AvgIpc) is 2.99. The molecule has 24 heavy (non-hydrogen) atoms. The van der Waals surface area contributed by atoms with Crippen molar-refractivity contribution in [3.8, 4) is 0 Å². The number of fused-ring (bicyclic) bond motifs is 1. The summed E-state index contributed by atoms with van der Waals surface area (Å²) >= 11 is 0. The van der Waals surface area contributed by atoms with Crippen molar-refractivity contribution in [1.29, 1.82) is 0 Å². The largest absolute Gasteiger partial charge is 0.327 e. The Bertz CT molecular complexity index is 826. The van der Waals surface area contributed by atoms with Gasteiger partial charge in [-0.2, -0.15) is 0 Å². The number of hydrogen-bond donors (Lipinski definition) is 2. The Hall–Kier alpha value is -2.66. The molecule has 0 bridgehead atoms. The molecule has 0 saturated carbocycles. The van der Waals surface area contributed by atoms with Gasteiger partial charge in [-0.05, 0) is 38.1 Å². The lowest BCUT2D eigenvalue weighted by atomic mass is 10.3. The molecule has 5 heteroatoms. The van der Waals surface area contributed by atoms with Gasteiger partial charge in [-0.3, -0.25) is 10.1 Å². The summed E-state index contributed by atoms with van der Waals surface area (Å²) in [7, 11) is 0. The quantitative estimate of drug-likeness (QED) is 0.732. The fourth-order valence-corrected chi connectivity index (χ4v) is 2.82. The molecule has 0 aliphatic heterocycles. The summed E-state index contributed by atoms with van der Waals surface area (Å²) in [5.74, 6) is 0.887. The molecule has 2 aromatic carbocycles. The summed E-state index contributed by atoms with van der Waals surface area (Å²) < 4.78 is 2.18. The summed E-state index contributed by atoms with van der Waals surface area (Å²) in [5.41, 5.74) is 2.91. The minimum absolute atomic E-state index is 0.0149. The predicted octanol–water partition coefficient (Wildman–Crippen LogP) is 3.35. The standard InChI is InChI=1S/C19H22N4O/c1-3-23-17-12-8-7-11-16(17)22-19(23)14(2)20-13-18(24)21-15-9-5-4-6-10-15/h4-12,14,20H,3,13H2,1-2H3,(H,21,24)/t14-/m1/s1. The zero-order valence-corrected chi connectivity index (χ0v) is 14.0. The van der Waals surface area contributed by atoms with Crippen LogP contribution in [0.1, 0.15) is 25.7 Å². The van der Waals surface area contributed by atoms with E-state index in [1.165, 1.54) is 0 Å². The number of imidazole rings is 1. The Kier molecular flexibility index (Phi) is 4.91. The van der Waals surface area contributed by atoms with Gasteiger partial charge in [-0.1, -0.05) is 30.3 Å². The zero-order chi connectivity index (χ0) is 16.9. The van der Waals surface area contributed by atoms with Crippen molar-refractivity contribution in [2.75, 3.05) is 11.9 Å². The summed E-state index contributed by atoms with van der Waals surface area (Å²) in [6.45, 7) is 5.22. The van der Waals surface area contributed by atoms with Crippen LogP contribution in [0.15, 0.2) is 54.6 Å². The molecule has 0 spiro atoms. The third kappa shape index (κ3) is 3.46. The molecule has 0 aliphatic rings. The number of carbonyl (C=O) groups is 1. The van der Waals surface area contributed by atoms with Crippen LogP contribution < -0.4 is 10.6 Å². The van der Waals surface area contributed by atoms with Crippen molar-refractivity contribution in [3.05, 3.63) is 60.4 Å². The minimum atomic E-state index is -0.0628. The lowest BCUT2D eigenvalue weighted by Crippen LogP contribution is -2.31. The maximum Gasteiger partial charge on any atom is 0.238 e.